The molecule has 0 aliphatic heterocycles. The third-order valence-corrected chi connectivity index (χ3v) is 2.38. The van der Waals surface area contributed by atoms with Crippen LogP contribution in [0.2, 0.25) is 0 Å². The highest BCUT2D eigenvalue weighted by atomic mass is 19.4. The molecule has 0 fully saturated rings. The Morgan fingerprint density at radius 2 is 2.00 bits per heavy atom. The lowest BCUT2D eigenvalue weighted by Gasteiger charge is -2.13. The van der Waals surface area contributed by atoms with Crippen LogP contribution >= 0.6 is 0 Å². The van der Waals surface area contributed by atoms with Crippen molar-refractivity contribution in [3.63, 3.8) is 0 Å². The second-order valence-electron chi connectivity index (χ2n) is 3.75. The van der Waals surface area contributed by atoms with Gasteiger partial charge in [0.05, 0.1) is 12.1 Å². The summed E-state index contributed by atoms with van der Waals surface area (Å²) < 4.78 is 55.4. The Bertz CT molecular complexity index is 539. The van der Waals surface area contributed by atoms with Gasteiger partial charge in [0.1, 0.15) is 5.82 Å². The fourth-order valence-electron chi connectivity index (χ4n) is 1.55. The molecule has 2 rings (SSSR count). The van der Waals surface area contributed by atoms with Gasteiger partial charge in [0.25, 0.3) is 0 Å². The van der Waals surface area contributed by atoms with Crippen LogP contribution in [0.4, 0.5) is 17.6 Å². The molecular formula is C11H9F4N3O. The van der Waals surface area contributed by atoms with Crippen LogP contribution < -0.4 is 5.32 Å². The third kappa shape index (κ3) is 3.50. The topological polar surface area (TPSA) is 51.0 Å². The summed E-state index contributed by atoms with van der Waals surface area (Å²) in [6.07, 6.45) is -3.47. The Hall–Kier alpha value is -1.96. The smallest absolute Gasteiger partial charge is 0.343 e. The number of benzene rings is 1. The molecule has 19 heavy (non-hydrogen) atoms. The second-order valence-corrected chi connectivity index (χ2v) is 3.75. The summed E-state index contributed by atoms with van der Waals surface area (Å²) in [6, 6.07) is 2.56. The molecule has 0 radical (unpaired) electrons. The van der Waals surface area contributed by atoms with Gasteiger partial charge in [0, 0.05) is 6.54 Å². The van der Waals surface area contributed by atoms with Gasteiger partial charge in [-0.05, 0) is 17.7 Å². The van der Waals surface area contributed by atoms with E-state index in [0.717, 1.165) is 18.5 Å². The maximum atomic E-state index is 12.9. The van der Waals surface area contributed by atoms with E-state index in [1.807, 2.05) is 0 Å². The van der Waals surface area contributed by atoms with E-state index in [0.29, 0.717) is 11.9 Å². The van der Waals surface area contributed by atoms with Crippen molar-refractivity contribution in [2.24, 2.45) is 0 Å². The number of aromatic nitrogens is 2. The molecule has 0 unspecified atom stereocenters. The SMILES string of the molecule is Fc1ccc(CNCc2ncon2)c(C(F)(F)F)c1. The summed E-state index contributed by atoms with van der Waals surface area (Å²) in [5, 5.41) is 6.23. The predicted molar refractivity (Wildman–Crippen MR) is 56.2 cm³/mol. The second kappa shape index (κ2) is 5.35. The van der Waals surface area contributed by atoms with Crippen molar-refractivity contribution in [2.75, 3.05) is 0 Å². The van der Waals surface area contributed by atoms with Crippen LogP contribution in [0.1, 0.15) is 17.0 Å². The van der Waals surface area contributed by atoms with Crippen molar-refractivity contribution in [1.82, 2.24) is 15.5 Å². The molecule has 0 atom stereocenters. The molecule has 0 aliphatic rings. The van der Waals surface area contributed by atoms with Gasteiger partial charge in [-0.2, -0.15) is 18.2 Å². The molecule has 1 aromatic heterocycles. The molecule has 1 aromatic carbocycles. The largest absolute Gasteiger partial charge is 0.416 e. The molecule has 0 aliphatic carbocycles. The molecule has 1 N–H and O–H groups in total. The van der Waals surface area contributed by atoms with Gasteiger partial charge in [0.2, 0.25) is 6.39 Å². The van der Waals surface area contributed by atoms with Gasteiger partial charge in [-0.15, -0.1) is 0 Å². The van der Waals surface area contributed by atoms with E-state index < -0.39 is 17.6 Å². The Morgan fingerprint density at radius 1 is 1.21 bits per heavy atom. The van der Waals surface area contributed by atoms with Crippen LogP contribution in [0.25, 0.3) is 0 Å². The molecular weight excluding hydrogens is 266 g/mol. The molecule has 0 spiro atoms. The minimum absolute atomic E-state index is 0.0441. The fourth-order valence-corrected chi connectivity index (χ4v) is 1.55. The minimum atomic E-state index is -4.59. The van der Waals surface area contributed by atoms with Gasteiger partial charge < -0.3 is 9.84 Å². The van der Waals surface area contributed by atoms with Crippen LogP contribution in [-0.4, -0.2) is 10.1 Å². The average Bonchev–Trinajstić information content (AvgIpc) is 2.83. The Labute approximate surface area is 105 Å². The summed E-state index contributed by atoms with van der Waals surface area (Å²) in [4.78, 5) is 3.71. The number of nitrogens with one attached hydrogen (secondary N) is 1. The van der Waals surface area contributed by atoms with E-state index in [1.165, 1.54) is 0 Å². The molecule has 102 valence electrons. The number of alkyl halides is 3. The summed E-state index contributed by atoms with van der Waals surface area (Å²) in [5.41, 5.74) is -1.04. The quantitative estimate of drug-likeness (QED) is 0.871. The fraction of sp³-hybridized carbons (Fsp3) is 0.273. The summed E-state index contributed by atoms with van der Waals surface area (Å²) >= 11 is 0. The zero-order chi connectivity index (χ0) is 13.9. The Balaban J connectivity index is 2.07. The molecule has 8 heteroatoms. The number of halogens is 4. The first-order chi connectivity index (χ1) is 8.97. The van der Waals surface area contributed by atoms with Crippen LogP contribution in [0.15, 0.2) is 29.1 Å². The van der Waals surface area contributed by atoms with Crippen LogP contribution in [0.5, 0.6) is 0 Å². The predicted octanol–water partition coefficient (Wildman–Crippen LogP) is 2.52. The van der Waals surface area contributed by atoms with E-state index in [1.54, 1.807) is 0 Å². The lowest BCUT2D eigenvalue weighted by Crippen LogP contribution is -2.18. The van der Waals surface area contributed by atoms with Crippen LogP contribution in [-0.2, 0) is 19.3 Å². The Kier molecular flexibility index (Phi) is 3.79. The van der Waals surface area contributed by atoms with Crippen molar-refractivity contribution >= 4 is 0 Å². The lowest BCUT2D eigenvalue weighted by molar-refractivity contribution is -0.138. The zero-order valence-electron chi connectivity index (χ0n) is 9.54. The molecule has 0 saturated carbocycles. The van der Waals surface area contributed by atoms with Gasteiger partial charge in [-0.25, -0.2) is 4.39 Å². The maximum absolute atomic E-state index is 12.9. The van der Waals surface area contributed by atoms with E-state index >= 15 is 0 Å². The van der Waals surface area contributed by atoms with E-state index in [9.17, 15) is 17.6 Å². The summed E-state index contributed by atoms with van der Waals surface area (Å²) in [5.74, 6) is -0.593. The minimum Gasteiger partial charge on any atom is -0.343 e. The highest BCUT2D eigenvalue weighted by molar-refractivity contribution is 5.30. The highest BCUT2D eigenvalue weighted by Crippen LogP contribution is 2.32. The molecule has 0 bridgehead atoms. The molecule has 4 nitrogen and oxygen atoms in total. The van der Waals surface area contributed by atoms with Crippen molar-refractivity contribution in [3.8, 4) is 0 Å². The van der Waals surface area contributed by atoms with Crippen molar-refractivity contribution in [2.45, 2.75) is 19.3 Å². The van der Waals surface area contributed by atoms with E-state index in [4.69, 9.17) is 0 Å². The zero-order valence-corrected chi connectivity index (χ0v) is 9.54. The first-order valence-electron chi connectivity index (χ1n) is 5.28. The molecule has 0 amide bonds. The van der Waals surface area contributed by atoms with Gasteiger partial charge in [-0.1, -0.05) is 11.2 Å². The van der Waals surface area contributed by atoms with Crippen LogP contribution in [0.3, 0.4) is 0 Å². The first kappa shape index (κ1) is 13.5. The van der Waals surface area contributed by atoms with Gasteiger partial charge in [0.15, 0.2) is 5.82 Å². The third-order valence-electron chi connectivity index (χ3n) is 2.38. The number of hydrogen-bond donors (Lipinski definition) is 1. The Morgan fingerprint density at radius 3 is 2.63 bits per heavy atom. The number of rotatable bonds is 4. The van der Waals surface area contributed by atoms with Crippen molar-refractivity contribution in [3.05, 3.63) is 47.4 Å². The average molecular weight is 275 g/mol. The normalized spacial score (nSPS) is 11.8. The van der Waals surface area contributed by atoms with Crippen molar-refractivity contribution in [1.29, 1.82) is 0 Å². The monoisotopic (exact) mass is 275 g/mol. The molecule has 2 aromatic rings. The van der Waals surface area contributed by atoms with Crippen LogP contribution in [0, 0.1) is 5.82 Å². The summed E-state index contributed by atoms with van der Waals surface area (Å²) in [7, 11) is 0. The number of nitrogens with zero attached hydrogens (tertiary/aromatic N) is 2. The first-order valence-corrected chi connectivity index (χ1v) is 5.28. The van der Waals surface area contributed by atoms with E-state index in [-0.39, 0.29) is 18.7 Å². The molecule has 0 saturated heterocycles. The van der Waals surface area contributed by atoms with Gasteiger partial charge in [-0.3, -0.25) is 0 Å². The summed E-state index contributed by atoms with van der Waals surface area (Å²) in [6.45, 7) is 0.0782. The van der Waals surface area contributed by atoms with Gasteiger partial charge >= 0.3 is 6.18 Å². The number of hydrogen-bond acceptors (Lipinski definition) is 4. The van der Waals surface area contributed by atoms with E-state index in [2.05, 4.69) is 20.0 Å². The maximum Gasteiger partial charge on any atom is 0.416 e. The highest BCUT2D eigenvalue weighted by Gasteiger charge is 2.33. The van der Waals surface area contributed by atoms with Crippen molar-refractivity contribution < 1.29 is 22.1 Å². The molecule has 1 heterocycles. The standard InChI is InChI=1S/C11H9F4N3O/c12-8-2-1-7(9(3-8)11(13,14)15)4-16-5-10-17-6-19-18-10/h1-3,6,16H,4-5H2. The lowest BCUT2D eigenvalue weighted by atomic mass is 10.1.